The quantitative estimate of drug-likeness (QED) is 0.854. The van der Waals surface area contributed by atoms with Crippen LogP contribution in [0.5, 0.6) is 11.5 Å². The summed E-state index contributed by atoms with van der Waals surface area (Å²) in [6.45, 7) is 6.35. The van der Waals surface area contributed by atoms with Crippen LogP contribution < -0.4 is 9.47 Å². The third-order valence-corrected chi connectivity index (χ3v) is 3.94. The fourth-order valence-corrected chi connectivity index (χ4v) is 2.62. The minimum atomic E-state index is -0.512. The molecule has 0 fully saturated rings. The molecular weight excluding hydrogens is 309 g/mol. The van der Waals surface area contributed by atoms with Crippen molar-refractivity contribution in [2.45, 2.75) is 32.9 Å². The molecule has 1 amide bonds. The lowest BCUT2D eigenvalue weighted by molar-refractivity contribution is 0.0554. The smallest absolute Gasteiger partial charge is 0.257 e. The number of carbonyl (C=O) groups excluding carboxylic acids is 1. The average molecular weight is 329 g/mol. The molecule has 1 aliphatic heterocycles. The number of hydrogen-bond donors (Lipinski definition) is 0. The van der Waals surface area contributed by atoms with Gasteiger partial charge in [-0.05, 0) is 50.6 Å². The minimum Gasteiger partial charge on any atom is -0.454 e. The summed E-state index contributed by atoms with van der Waals surface area (Å²) in [4.78, 5) is 14.5. The van der Waals surface area contributed by atoms with Crippen molar-refractivity contribution in [2.75, 3.05) is 6.79 Å². The van der Waals surface area contributed by atoms with Gasteiger partial charge in [-0.15, -0.1) is 0 Å². The second-order valence-electron chi connectivity index (χ2n) is 6.73. The summed E-state index contributed by atoms with van der Waals surface area (Å²) in [6.07, 6.45) is 0. The molecule has 0 saturated carbocycles. The number of halogens is 1. The van der Waals surface area contributed by atoms with Crippen LogP contribution in [0.15, 0.2) is 42.5 Å². The molecule has 4 nitrogen and oxygen atoms in total. The molecule has 0 bridgehead atoms. The fourth-order valence-electron chi connectivity index (χ4n) is 2.62. The van der Waals surface area contributed by atoms with Crippen LogP contribution in [0.3, 0.4) is 0 Å². The van der Waals surface area contributed by atoms with E-state index >= 15 is 0 Å². The second kappa shape index (κ2) is 6.15. The summed E-state index contributed by atoms with van der Waals surface area (Å²) >= 11 is 0. The number of carbonyl (C=O) groups is 1. The molecule has 5 heteroatoms. The topological polar surface area (TPSA) is 38.8 Å². The zero-order valence-electron chi connectivity index (χ0n) is 14.0. The molecule has 2 aromatic rings. The maximum absolute atomic E-state index is 14.0. The van der Waals surface area contributed by atoms with E-state index < -0.39 is 11.4 Å². The number of rotatable bonds is 3. The Labute approximate surface area is 140 Å². The molecule has 0 radical (unpaired) electrons. The molecule has 0 atom stereocenters. The standard InChI is InChI=1S/C19H20FNO3/c1-19(2,3)21(18(22)14-6-4-5-7-15(14)20)11-13-8-9-16-17(10-13)24-12-23-16/h4-10H,11-12H2,1-3H3. The minimum absolute atomic E-state index is 0.0770. The molecule has 0 N–H and O–H groups in total. The number of benzene rings is 2. The van der Waals surface area contributed by atoms with E-state index in [-0.39, 0.29) is 18.3 Å². The lowest BCUT2D eigenvalue weighted by Crippen LogP contribution is -2.45. The van der Waals surface area contributed by atoms with Gasteiger partial charge in [0.25, 0.3) is 5.91 Å². The van der Waals surface area contributed by atoms with E-state index in [0.29, 0.717) is 18.0 Å². The van der Waals surface area contributed by atoms with Gasteiger partial charge in [-0.2, -0.15) is 0 Å². The van der Waals surface area contributed by atoms with Gasteiger partial charge in [0, 0.05) is 12.1 Å². The second-order valence-corrected chi connectivity index (χ2v) is 6.73. The Bertz CT molecular complexity index is 767. The van der Waals surface area contributed by atoms with Crippen molar-refractivity contribution in [3.05, 3.63) is 59.4 Å². The van der Waals surface area contributed by atoms with Crippen molar-refractivity contribution in [1.29, 1.82) is 0 Å². The van der Waals surface area contributed by atoms with Crippen LogP contribution in [0, 0.1) is 5.82 Å². The van der Waals surface area contributed by atoms with Gasteiger partial charge in [0.05, 0.1) is 5.56 Å². The van der Waals surface area contributed by atoms with E-state index in [1.165, 1.54) is 12.1 Å². The molecule has 0 spiro atoms. The highest BCUT2D eigenvalue weighted by atomic mass is 19.1. The normalized spacial score (nSPS) is 13.0. The first-order valence-electron chi connectivity index (χ1n) is 7.81. The SMILES string of the molecule is CC(C)(C)N(Cc1ccc2c(c1)OCO2)C(=O)c1ccccc1F. The predicted octanol–water partition coefficient (Wildman–Crippen LogP) is 4.00. The Morgan fingerprint density at radius 3 is 2.54 bits per heavy atom. The van der Waals surface area contributed by atoms with Crippen LogP contribution in [0.2, 0.25) is 0 Å². The van der Waals surface area contributed by atoms with Gasteiger partial charge in [-0.25, -0.2) is 4.39 Å². The Balaban J connectivity index is 1.90. The number of ether oxygens (including phenoxy) is 2. The summed E-state index contributed by atoms with van der Waals surface area (Å²) in [5.74, 6) is 0.516. The highest BCUT2D eigenvalue weighted by molar-refractivity contribution is 5.95. The lowest BCUT2D eigenvalue weighted by atomic mass is 10.0. The third kappa shape index (κ3) is 3.20. The van der Waals surface area contributed by atoms with Crippen molar-refractivity contribution in [2.24, 2.45) is 0 Å². The number of nitrogens with zero attached hydrogens (tertiary/aromatic N) is 1. The van der Waals surface area contributed by atoms with Gasteiger partial charge < -0.3 is 14.4 Å². The van der Waals surface area contributed by atoms with Gasteiger partial charge in [-0.1, -0.05) is 18.2 Å². The summed E-state index contributed by atoms with van der Waals surface area (Å²) < 4.78 is 24.7. The van der Waals surface area contributed by atoms with Gasteiger partial charge in [0.1, 0.15) is 5.82 Å². The van der Waals surface area contributed by atoms with Crippen LogP contribution in [0.4, 0.5) is 4.39 Å². The number of hydrogen-bond acceptors (Lipinski definition) is 3. The maximum Gasteiger partial charge on any atom is 0.257 e. The molecule has 0 aromatic heterocycles. The molecule has 2 aromatic carbocycles. The van der Waals surface area contributed by atoms with E-state index in [4.69, 9.17) is 9.47 Å². The summed E-state index contributed by atoms with van der Waals surface area (Å²) in [5.41, 5.74) is 0.516. The highest BCUT2D eigenvalue weighted by Crippen LogP contribution is 2.33. The van der Waals surface area contributed by atoms with Crippen molar-refractivity contribution < 1.29 is 18.7 Å². The van der Waals surface area contributed by atoms with Crippen LogP contribution in [0.25, 0.3) is 0 Å². The van der Waals surface area contributed by atoms with E-state index in [1.807, 2.05) is 39.0 Å². The zero-order valence-corrected chi connectivity index (χ0v) is 14.0. The maximum atomic E-state index is 14.0. The van der Waals surface area contributed by atoms with Crippen molar-refractivity contribution in [3.8, 4) is 11.5 Å². The molecule has 3 rings (SSSR count). The Morgan fingerprint density at radius 2 is 1.83 bits per heavy atom. The van der Waals surface area contributed by atoms with Gasteiger partial charge in [-0.3, -0.25) is 4.79 Å². The van der Waals surface area contributed by atoms with Crippen molar-refractivity contribution >= 4 is 5.91 Å². The van der Waals surface area contributed by atoms with Gasteiger partial charge in [0.15, 0.2) is 11.5 Å². The summed E-state index contributed by atoms with van der Waals surface area (Å²) in [5, 5.41) is 0. The first-order chi connectivity index (χ1) is 11.4. The van der Waals surface area contributed by atoms with E-state index in [1.54, 1.807) is 17.0 Å². The van der Waals surface area contributed by atoms with Crippen molar-refractivity contribution in [3.63, 3.8) is 0 Å². The van der Waals surface area contributed by atoms with Crippen LogP contribution >= 0.6 is 0 Å². The molecule has 24 heavy (non-hydrogen) atoms. The Hall–Kier alpha value is -2.56. The van der Waals surface area contributed by atoms with E-state index in [2.05, 4.69) is 0 Å². The first kappa shape index (κ1) is 16.3. The molecule has 0 unspecified atom stereocenters. The Morgan fingerprint density at radius 1 is 1.12 bits per heavy atom. The first-order valence-corrected chi connectivity index (χ1v) is 7.81. The lowest BCUT2D eigenvalue weighted by Gasteiger charge is -2.36. The van der Waals surface area contributed by atoms with Crippen molar-refractivity contribution in [1.82, 2.24) is 4.90 Å². The van der Waals surface area contributed by atoms with Gasteiger partial charge >= 0.3 is 0 Å². The largest absolute Gasteiger partial charge is 0.454 e. The average Bonchev–Trinajstić information content (AvgIpc) is 2.99. The number of amides is 1. The molecule has 126 valence electrons. The molecule has 1 heterocycles. The molecular formula is C19H20FNO3. The fraction of sp³-hybridized carbons (Fsp3) is 0.316. The molecule has 0 saturated heterocycles. The van der Waals surface area contributed by atoms with Gasteiger partial charge in [0.2, 0.25) is 6.79 Å². The Kier molecular flexibility index (Phi) is 4.18. The predicted molar refractivity (Wildman–Crippen MR) is 88.6 cm³/mol. The number of fused-ring (bicyclic) bond motifs is 1. The summed E-state index contributed by atoms with van der Waals surface area (Å²) in [6, 6.07) is 11.6. The third-order valence-electron chi connectivity index (χ3n) is 3.94. The summed E-state index contributed by atoms with van der Waals surface area (Å²) in [7, 11) is 0. The highest BCUT2D eigenvalue weighted by Gasteiger charge is 2.29. The monoisotopic (exact) mass is 329 g/mol. The molecule has 0 aliphatic carbocycles. The van der Waals surface area contributed by atoms with E-state index in [0.717, 1.165) is 5.56 Å². The van der Waals surface area contributed by atoms with Crippen LogP contribution in [0.1, 0.15) is 36.7 Å². The van der Waals surface area contributed by atoms with Crippen LogP contribution in [-0.2, 0) is 6.54 Å². The molecule has 1 aliphatic rings. The zero-order chi connectivity index (χ0) is 17.3. The van der Waals surface area contributed by atoms with E-state index in [9.17, 15) is 9.18 Å². The van der Waals surface area contributed by atoms with Crippen LogP contribution in [-0.4, -0.2) is 23.1 Å².